The average molecular weight is 387 g/mol. The van der Waals surface area contributed by atoms with Crippen LogP contribution in [0.3, 0.4) is 0 Å². The number of halogens is 1. The zero-order chi connectivity index (χ0) is 19.2. The van der Waals surface area contributed by atoms with Crippen molar-refractivity contribution in [3.8, 4) is 0 Å². The van der Waals surface area contributed by atoms with Crippen LogP contribution in [0.25, 0.3) is 5.52 Å². The summed E-state index contributed by atoms with van der Waals surface area (Å²) in [5.74, 6) is -0.652. The number of hydrogen-bond acceptors (Lipinski definition) is 4. The second-order valence-corrected chi connectivity index (χ2v) is 8.67. The summed E-state index contributed by atoms with van der Waals surface area (Å²) < 4.78 is 38.7. The van der Waals surface area contributed by atoms with E-state index < -0.39 is 9.84 Å². The molecule has 0 radical (unpaired) electrons. The molecule has 1 aromatic carbocycles. The number of carbonyl (C=O) groups excluding carboxylic acids is 1. The molecule has 0 spiro atoms. The number of benzene rings is 1. The minimum Gasteiger partial charge on any atom is -0.330 e. The van der Waals surface area contributed by atoms with E-state index >= 15 is 0 Å². The predicted molar refractivity (Wildman–Crippen MR) is 97.6 cm³/mol. The third-order valence-corrected chi connectivity index (χ3v) is 5.52. The van der Waals surface area contributed by atoms with Crippen LogP contribution < -0.4 is 0 Å². The van der Waals surface area contributed by atoms with E-state index in [1.807, 2.05) is 0 Å². The largest absolute Gasteiger partial charge is 0.330 e. The van der Waals surface area contributed by atoms with Gasteiger partial charge in [-0.2, -0.15) is 0 Å². The first-order valence-corrected chi connectivity index (χ1v) is 10.5. The Morgan fingerprint density at radius 1 is 1.22 bits per heavy atom. The molecule has 0 saturated heterocycles. The lowest BCUT2D eigenvalue weighted by Gasteiger charge is -2.21. The second kappa shape index (κ2) is 6.45. The van der Waals surface area contributed by atoms with E-state index in [2.05, 4.69) is 4.98 Å². The fourth-order valence-electron chi connectivity index (χ4n) is 3.10. The van der Waals surface area contributed by atoms with Gasteiger partial charge in [0.1, 0.15) is 5.82 Å². The number of imidazole rings is 1. The van der Waals surface area contributed by atoms with Crippen molar-refractivity contribution < 1.29 is 17.6 Å². The molecule has 0 aliphatic heterocycles. The molecule has 1 saturated carbocycles. The van der Waals surface area contributed by atoms with Crippen LogP contribution in [0.5, 0.6) is 0 Å². The van der Waals surface area contributed by atoms with Gasteiger partial charge >= 0.3 is 0 Å². The number of aromatic nitrogens is 2. The lowest BCUT2D eigenvalue weighted by Crippen LogP contribution is -2.33. The molecule has 27 heavy (non-hydrogen) atoms. The molecule has 3 aromatic rings. The standard InChI is InChI=1S/C19H18FN3O3S/c1-27(25,26)19-21-17(16-4-2-3-11-22(16)19)18(24)23(15-9-10-15)12-13-5-7-14(20)8-6-13/h2-8,11,15H,9-10,12H2,1H3. The first-order chi connectivity index (χ1) is 12.8. The van der Waals surface area contributed by atoms with E-state index in [1.54, 1.807) is 41.4 Å². The molecule has 6 nitrogen and oxygen atoms in total. The summed E-state index contributed by atoms with van der Waals surface area (Å²) in [7, 11) is -3.60. The number of rotatable bonds is 5. The monoisotopic (exact) mass is 387 g/mol. The van der Waals surface area contributed by atoms with Crippen LogP contribution in [0.4, 0.5) is 4.39 Å². The fourth-order valence-corrected chi connectivity index (χ4v) is 3.88. The Balaban J connectivity index is 1.75. The Morgan fingerprint density at radius 2 is 1.93 bits per heavy atom. The van der Waals surface area contributed by atoms with Crippen molar-refractivity contribution >= 4 is 21.3 Å². The Labute approximate surface area is 156 Å². The number of hydrogen-bond donors (Lipinski definition) is 0. The van der Waals surface area contributed by atoms with Crippen LogP contribution in [-0.2, 0) is 16.4 Å². The van der Waals surface area contributed by atoms with Crippen molar-refractivity contribution in [3.05, 3.63) is 65.7 Å². The summed E-state index contributed by atoms with van der Waals surface area (Å²) in [6.45, 7) is 0.323. The van der Waals surface area contributed by atoms with Gasteiger partial charge in [0.15, 0.2) is 5.69 Å². The Hall–Kier alpha value is -2.74. The molecule has 8 heteroatoms. The van der Waals surface area contributed by atoms with Crippen LogP contribution in [0, 0.1) is 5.82 Å². The maximum Gasteiger partial charge on any atom is 0.275 e. The molecule has 0 bridgehead atoms. The summed E-state index contributed by atoms with van der Waals surface area (Å²) in [6, 6.07) is 11.2. The van der Waals surface area contributed by atoms with Crippen molar-refractivity contribution in [1.29, 1.82) is 0 Å². The number of pyridine rings is 1. The average Bonchev–Trinajstić information content (AvgIpc) is 3.39. The fraction of sp³-hybridized carbons (Fsp3) is 0.263. The van der Waals surface area contributed by atoms with Crippen molar-refractivity contribution in [1.82, 2.24) is 14.3 Å². The minimum absolute atomic E-state index is 0.0877. The molecule has 1 aliphatic rings. The van der Waals surface area contributed by atoms with Gasteiger partial charge in [0, 0.05) is 25.0 Å². The molecule has 1 aliphatic carbocycles. The molecule has 4 rings (SSSR count). The van der Waals surface area contributed by atoms with E-state index in [1.165, 1.54) is 16.5 Å². The quantitative estimate of drug-likeness (QED) is 0.675. The molecule has 140 valence electrons. The highest BCUT2D eigenvalue weighted by Gasteiger charge is 2.35. The zero-order valence-corrected chi connectivity index (χ0v) is 15.5. The van der Waals surface area contributed by atoms with E-state index in [0.29, 0.717) is 12.1 Å². The Bertz CT molecular complexity index is 1120. The van der Waals surface area contributed by atoms with E-state index in [9.17, 15) is 17.6 Å². The van der Waals surface area contributed by atoms with Crippen molar-refractivity contribution in [3.63, 3.8) is 0 Å². The molecule has 0 atom stereocenters. The first kappa shape index (κ1) is 17.7. The third kappa shape index (κ3) is 3.44. The minimum atomic E-state index is -3.60. The van der Waals surface area contributed by atoms with E-state index in [-0.39, 0.29) is 28.6 Å². The smallest absolute Gasteiger partial charge is 0.275 e. The van der Waals surface area contributed by atoms with Gasteiger partial charge in [0.05, 0.1) is 5.52 Å². The maximum atomic E-state index is 13.2. The van der Waals surface area contributed by atoms with E-state index in [4.69, 9.17) is 0 Å². The molecule has 1 amide bonds. The van der Waals surface area contributed by atoms with Crippen LogP contribution in [0.2, 0.25) is 0 Å². The summed E-state index contributed by atoms with van der Waals surface area (Å²) in [5, 5.41) is -0.154. The molecule has 0 N–H and O–H groups in total. The topological polar surface area (TPSA) is 71.7 Å². The summed E-state index contributed by atoms with van der Waals surface area (Å²) in [5.41, 5.74) is 1.38. The lowest BCUT2D eigenvalue weighted by atomic mass is 10.2. The van der Waals surface area contributed by atoms with Crippen LogP contribution in [-0.4, -0.2) is 40.9 Å². The second-order valence-electron chi connectivity index (χ2n) is 6.76. The SMILES string of the molecule is CS(=O)(=O)c1nc(C(=O)N(Cc2ccc(F)cc2)C2CC2)c2ccccn12. The number of amides is 1. The van der Waals surface area contributed by atoms with E-state index in [0.717, 1.165) is 24.7 Å². The molecular weight excluding hydrogens is 369 g/mol. The van der Waals surface area contributed by atoms with Gasteiger partial charge in [-0.1, -0.05) is 18.2 Å². The number of carbonyl (C=O) groups is 1. The summed E-state index contributed by atoms with van der Waals surface area (Å²) in [4.78, 5) is 19.1. The van der Waals surface area contributed by atoms with Gasteiger partial charge in [-0.05, 0) is 42.7 Å². The number of fused-ring (bicyclic) bond motifs is 1. The highest BCUT2D eigenvalue weighted by molar-refractivity contribution is 7.90. The maximum absolute atomic E-state index is 13.2. The van der Waals surface area contributed by atoms with Gasteiger partial charge in [0.25, 0.3) is 5.91 Å². The predicted octanol–water partition coefficient (Wildman–Crippen LogP) is 2.68. The molecule has 0 unspecified atom stereocenters. The van der Waals surface area contributed by atoms with Crippen LogP contribution in [0.1, 0.15) is 28.9 Å². The molecule has 2 aromatic heterocycles. The lowest BCUT2D eigenvalue weighted by molar-refractivity contribution is 0.0726. The van der Waals surface area contributed by atoms with Crippen molar-refractivity contribution in [2.24, 2.45) is 0 Å². The van der Waals surface area contributed by atoms with Gasteiger partial charge in [0.2, 0.25) is 15.0 Å². The number of nitrogens with zero attached hydrogens (tertiary/aromatic N) is 3. The molecule has 1 fully saturated rings. The highest BCUT2D eigenvalue weighted by atomic mass is 32.2. The Kier molecular flexibility index (Phi) is 4.22. The van der Waals surface area contributed by atoms with Gasteiger partial charge in [-0.3, -0.25) is 9.20 Å². The zero-order valence-electron chi connectivity index (χ0n) is 14.7. The Morgan fingerprint density at radius 3 is 2.56 bits per heavy atom. The molecule has 2 heterocycles. The van der Waals surface area contributed by atoms with Gasteiger partial charge in [-0.25, -0.2) is 17.8 Å². The summed E-state index contributed by atoms with van der Waals surface area (Å²) >= 11 is 0. The molecular formula is C19H18FN3O3S. The van der Waals surface area contributed by atoms with Gasteiger partial charge in [-0.15, -0.1) is 0 Å². The van der Waals surface area contributed by atoms with Crippen molar-refractivity contribution in [2.45, 2.75) is 30.6 Å². The normalized spacial score (nSPS) is 14.4. The first-order valence-electron chi connectivity index (χ1n) is 8.57. The van der Waals surface area contributed by atoms with Crippen LogP contribution >= 0.6 is 0 Å². The summed E-state index contributed by atoms with van der Waals surface area (Å²) in [6.07, 6.45) is 4.42. The van der Waals surface area contributed by atoms with Crippen molar-refractivity contribution in [2.75, 3.05) is 6.26 Å². The van der Waals surface area contributed by atoms with Gasteiger partial charge < -0.3 is 4.90 Å². The third-order valence-electron chi connectivity index (χ3n) is 4.56. The highest BCUT2D eigenvalue weighted by Crippen LogP contribution is 2.31. The number of sulfone groups is 1. The van der Waals surface area contributed by atoms with Crippen LogP contribution in [0.15, 0.2) is 53.8 Å².